The van der Waals surface area contributed by atoms with Crippen LogP contribution in [-0.4, -0.2) is 9.78 Å². The number of anilines is 1. The lowest BCUT2D eigenvalue weighted by atomic mass is 9.99. The highest BCUT2D eigenvalue weighted by atomic mass is 15.3. The summed E-state index contributed by atoms with van der Waals surface area (Å²) in [5.41, 5.74) is 9.82. The van der Waals surface area contributed by atoms with Gasteiger partial charge in [-0.2, -0.15) is 5.10 Å². The minimum atomic E-state index is 0.804. The average Bonchev–Trinajstić information content (AvgIpc) is 3.08. The van der Waals surface area contributed by atoms with E-state index >= 15 is 0 Å². The zero-order valence-electron chi connectivity index (χ0n) is 12.2. The monoisotopic (exact) mass is 269 g/mol. The summed E-state index contributed by atoms with van der Waals surface area (Å²) in [6.07, 6.45) is 7.50. The van der Waals surface area contributed by atoms with Gasteiger partial charge in [0.15, 0.2) is 0 Å². The molecule has 3 heteroatoms. The predicted octanol–water partition coefficient (Wildman–Crippen LogP) is 3.75. The first-order valence-electron chi connectivity index (χ1n) is 7.71. The van der Waals surface area contributed by atoms with Crippen LogP contribution >= 0.6 is 0 Å². The second-order valence-electron chi connectivity index (χ2n) is 5.77. The van der Waals surface area contributed by atoms with Crippen molar-refractivity contribution in [3.8, 4) is 5.69 Å². The molecule has 20 heavy (non-hydrogen) atoms. The van der Waals surface area contributed by atoms with Crippen molar-refractivity contribution in [3.05, 3.63) is 41.6 Å². The van der Waals surface area contributed by atoms with Gasteiger partial charge in [0.2, 0.25) is 0 Å². The number of hydrogen-bond donors (Lipinski definition) is 1. The average molecular weight is 269 g/mol. The van der Waals surface area contributed by atoms with Gasteiger partial charge in [-0.25, -0.2) is 4.68 Å². The SMILES string of the molecule is CCc1c(CC2CCCC2)nn(-c2ccccc2)c1N. The van der Waals surface area contributed by atoms with Crippen LogP contribution in [0.1, 0.15) is 43.9 Å². The van der Waals surface area contributed by atoms with Crippen LogP contribution < -0.4 is 5.73 Å². The highest BCUT2D eigenvalue weighted by molar-refractivity contribution is 5.50. The second-order valence-corrected chi connectivity index (χ2v) is 5.77. The van der Waals surface area contributed by atoms with Gasteiger partial charge in [-0.3, -0.25) is 0 Å². The molecular formula is C17H23N3. The van der Waals surface area contributed by atoms with Gasteiger partial charge in [0, 0.05) is 5.56 Å². The number of nitrogens with zero attached hydrogens (tertiary/aromatic N) is 2. The third-order valence-electron chi connectivity index (χ3n) is 4.42. The van der Waals surface area contributed by atoms with Crippen molar-refractivity contribution in [1.29, 1.82) is 0 Å². The zero-order valence-corrected chi connectivity index (χ0v) is 12.2. The maximum atomic E-state index is 6.32. The Labute approximate surface area is 120 Å². The van der Waals surface area contributed by atoms with Crippen molar-refractivity contribution in [2.45, 2.75) is 45.4 Å². The van der Waals surface area contributed by atoms with Gasteiger partial charge in [-0.1, -0.05) is 50.8 Å². The molecule has 0 bridgehead atoms. The van der Waals surface area contributed by atoms with Gasteiger partial charge in [0.05, 0.1) is 11.4 Å². The summed E-state index contributed by atoms with van der Waals surface area (Å²) < 4.78 is 1.91. The fourth-order valence-corrected chi connectivity index (χ4v) is 3.31. The summed E-state index contributed by atoms with van der Waals surface area (Å²) in [4.78, 5) is 0. The Bertz CT molecular complexity index is 565. The summed E-state index contributed by atoms with van der Waals surface area (Å²) in [6, 6.07) is 10.2. The van der Waals surface area contributed by atoms with Crippen LogP contribution in [0.2, 0.25) is 0 Å². The molecule has 0 saturated heterocycles. The first-order valence-corrected chi connectivity index (χ1v) is 7.71. The first-order chi connectivity index (χ1) is 9.79. The van der Waals surface area contributed by atoms with Crippen LogP contribution in [0.15, 0.2) is 30.3 Å². The molecule has 1 fully saturated rings. The van der Waals surface area contributed by atoms with E-state index < -0.39 is 0 Å². The van der Waals surface area contributed by atoms with Gasteiger partial charge in [0.25, 0.3) is 0 Å². The van der Waals surface area contributed by atoms with Crippen molar-refractivity contribution in [3.63, 3.8) is 0 Å². The molecule has 1 aromatic carbocycles. The molecule has 2 aromatic rings. The molecule has 0 radical (unpaired) electrons. The van der Waals surface area contributed by atoms with Gasteiger partial charge < -0.3 is 5.73 Å². The molecule has 1 aliphatic rings. The third-order valence-corrected chi connectivity index (χ3v) is 4.42. The molecule has 0 unspecified atom stereocenters. The van der Waals surface area contributed by atoms with Gasteiger partial charge in [0.1, 0.15) is 5.82 Å². The molecule has 1 saturated carbocycles. The van der Waals surface area contributed by atoms with E-state index in [4.69, 9.17) is 10.8 Å². The summed E-state index contributed by atoms with van der Waals surface area (Å²) in [5.74, 6) is 1.62. The Morgan fingerprint density at radius 3 is 2.55 bits per heavy atom. The normalized spacial score (nSPS) is 15.8. The Morgan fingerprint density at radius 1 is 1.20 bits per heavy atom. The van der Waals surface area contributed by atoms with E-state index in [1.807, 2.05) is 22.9 Å². The molecule has 106 valence electrons. The fraction of sp³-hybridized carbons (Fsp3) is 0.471. The van der Waals surface area contributed by atoms with E-state index in [-0.39, 0.29) is 0 Å². The molecule has 0 aliphatic heterocycles. The lowest BCUT2D eigenvalue weighted by Gasteiger charge is -2.07. The summed E-state index contributed by atoms with van der Waals surface area (Å²) in [6.45, 7) is 2.17. The second kappa shape index (κ2) is 5.70. The predicted molar refractivity (Wildman–Crippen MR) is 83.0 cm³/mol. The van der Waals surface area contributed by atoms with E-state index in [9.17, 15) is 0 Å². The molecule has 0 amide bonds. The molecule has 3 rings (SSSR count). The number of rotatable bonds is 4. The molecule has 1 aromatic heterocycles. The Kier molecular flexibility index (Phi) is 3.77. The number of hydrogen-bond acceptors (Lipinski definition) is 2. The number of benzene rings is 1. The van der Waals surface area contributed by atoms with E-state index in [1.165, 1.54) is 36.9 Å². The lowest BCUT2D eigenvalue weighted by Crippen LogP contribution is -2.03. The topological polar surface area (TPSA) is 43.8 Å². The number of nitrogen functional groups attached to an aromatic ring is 1. The molecule has 0 spiro atoms. The standard InChI is InChI=1S/C17H23N3/c1-2-15-16(12-13-8-6-7-9-13)19-20(17(15)18)14-10-4-3-5-11-14/h3-5,10-11,13H,2,6-9,12,18H2,1H3. The van der Waals surface area contributed by atoms with Crippen molar-refractivity contribution in [2.75, 3.05) is 5.73 Å². The van der Waals surface area contributed by atoms with E-state index in [1.54, 1.807) is 0 Å². The van der Waals surface area contributed by atoms with Crippen LogP contribution in [-0.2, 0) is 12.8 Å². The highest BCUT2D eigenvalue weighted by Gasteiger charge is 2.21. The molecule has 2 N–H and O–H groups in total. The number of aromatic nitrogens is 2. The number of nitrogens with two attached hydrogens (primary N) is 1. The maximum Gasteiger partial charge on any atom is 0.130 e. The smallest absolute Gasteiger partial charge is 0.130 e. The van der Waals surface area contributed by atoms with Gasteiger partial charge in [-0.15, -0.1) is 0 Å². The first kappa shape index (κ1) is 13.2. The van der Waals surface area contributed by atoms with Crippen molar-refractivity contribution in [1.82, 2.24) is 9.78 Å². The minimum Gasteiger partial charge on any atom is -0.383 e. The third kappa shape index (κ3) is 2.45. The number of para-hydroxylation sites is 1. The molecule has 3 nitrogen and oxygen atoms in total. The minimum absolute atomic E-state index is 0.804. The van der Waals surface area contributed by atoms with Crippen LogP contribution in [0.25, 0.3) is 5.69 Å². The summed E-state index contributed by atoms with van der Waals surface area (Å²) >= 11 is 0. The van der Waals surface area contributed by atoms with Crippen molar-refractivity contribution >= 4 is 5.82 Å². The van der Waals surface area contributed by atoms with E-state index in [0.29, 0.717) is 0 Å². The van der Waals surface area contributed by atoms with Gasteiger partial charge in [-0.05, 0) is 30.9 Å². The summed E-state index contributed by atoms with van der Waals surface area (Å²) in [7, 11) is 0. The van der Waals surface area contributed by atoms with E-state index in [0.717, 1.165) is 30.3 Å². The Morgan fingerprint density at radius 2 is 1.90 bits per heavy atom. The van der Waals surface area contributed by atoms with Crippen LogP contribution in [0.5, 0.6) is 0 Å². The fourth-order valence-electron chi connectivity index (χ4n) is 3.31. The summed E-state index contributed by atoms with van der Waals surface area (Å²) in [5, 5.41) is 4.81. The largest absolute Gasteiger partial charge is 0.383 e. The van der Waals surface area contributed by atoms with E-state index in [2.05, 4.69) is 19.1 Å². The Balaban J connectivity index is 1.94. The zero-order chi connectivity index (χ0) is 13.9. The van der Waals surface area contributed by atoms with Gasteiger partial charge >= 0.3 is 0 Å². The molecular weight excluding hydrogens is 246 g/mol. The van der Waals surface area contributed by atoms with Crippen molar-refractivity contribution in [2.24, 2.45) is 5.92 Å². The van der Waals surface area contributed by atoms with Crippen molar-refractivity contribution < 1.29 is 0 Å². The van der Waals surface area contributed by atoms with Crippen LogP contribution in [0.4, 0.5) is 5.82 Å². The molecule has 1 heterocycles. The lowest BCUT2D eigenvalue weighted by molar-refractivity contribution is 0.534. The van der Waals surface area contributed by atoms with Crippen LogP contribution in [0.3, 0.4) is 0 Å². The highest BCUT2D eigenvalue weighted by Crippen LogP contribution is 2.30. The molecule has 0 atom stereocenters. The maximum absolute atomic E-state index is 6.32. The quantitative estimate of drug-likeness (QED) is 0.918. The molecule has 1 aliphatic carbocycles. The Hall–Kier alpha value is -1.77. The van der Waals surface area contributed by atoms with Crippen LogP contribution in [0, 0.1) is 5.92 Å².